The molecule has 0 atom stereocenters. The summed E-state index contributed by atoms with van der Waals surface area (Å²) in [7, 11) is 0. The summed E-state index contributed by atoms with van der Waals surface area (Å²) in [5.41, 5.74) is 2.65. The molecular formula is C11H10ClNO. The molecule has 0 amide bonds. The monoisotopic (exact) mass is 207 g/mol. The zero-order valence-electron chi connectivity index (χ0n) is 7.79. The predicted molar refractivity (Wildman–Crippen MR) is 57.4 cm³/mol. The van der Waals surface area contributed by atoms with E-state index in [0.717, 1.165) is 22.0 Å². The zero-order valence-corrected chi connectivity index (χ0v) is 8.54. The van der Waals surface area contributed by atoms with E-state index in [9.17, 15) is 0 Å². The standard InChI is InChI=1S/C11H10ClNO/c1-7-4-9-3-2-8(6-14)5-10(9)13-11(7)12/h2-5,14H,6H2,1H3. The highest BCUT2D eigenvalue weighted by Crippen LogP contribution is 2.20. The van der Waals surface area contributed by atoms with Gasteiger partial charge in [0.15, 0.2) is 0 Å². The van der Waals surface area contributed by atoms with E-state index in [4.69, 9.17) is 16.7 Å². The van der Waals surface area contributed by atoms with E-state index in [2.05, 4.69) is 4.98 Å². The minimum Gasteiger partial charge on any atom is -0.392 e. The molecule has 3 heteroatoms. The molecule has 0 aliphatic carbocycles. The number of aliphatic hydroxyl groups is 1. The largest absolute Gasteiger partial charge is 0.392 e. The van der Waals surface area contributed by atoms with Gasteiger partial charge in [-0.25, -0.2) is 4.98 Å². The first-order valence-corrected chi connectivity index (χ1v) is 4.75. The molecule has 0 fully saturated rings. The van der Waals surface area contributed by atoms with Crippen LogP contribution >= 0.6 is 11.6 Å². The maximum absolute atomic E-state index is 8.96. The second-order valence-electron chi connectivity index (χ2n) is 3.28. The van der Waals surface area contributed by atoms with Crippen LogP contribution < -0.4 is 0 Å². The summed E-state index contributed by atoms with van der Waals surface area (Å²) < 4.78 is 0. The molecular weight excluding hydrogens is 198 g/mol. The molecule has 14 heavy (non-hydrogen) atoms. The summed E-state index contributed by atoms with van der Waals surface area (Å²) in [6.07, 6.45) is 0. The van der Waals surface area contributed by atoms with Crippen molar-refractivity contribution < 1.29 is 5.11 Å². The molecule has 2 rings (SSSR count). The van der Waals surface area contributed by atoms with Crippen LogP contribution in [-0.4, -0.2) is 10.1 Å². The molecule has 0 spiro atoms. The minimum atomic E-state index is 0.0309. The first-order valence-electron chi connectivity index (χ1n) is 4.37. The number of benzene rings is 1. The minimum absolute atomic E-state index is 0.0309. The molecule has 0 bridgehead atoms. The lowest BCUT2D eigenvalue weighted by atomic mass is 10.1. The van der Waals surface area contributed by atoms with Crippen LogP contribution in [0.2, 0.25) is 5.15 Å². The highest BCUT2D eigenvalue weighted by atomic mass is 35.5. The molecule has 1 aromatic carbocycles. The number of fused-ring (bicyclic) bond motifs is 1. The van der Waals surface area contributed by atoms with E-state index in [0.29, 0.717) is 5.15 Å². The van der Waals surface area contributed by atoms with Crippen molar-refractivity contribution in [3.05, 3.63) is 40.5 Å². The Morgan fingerprint density at radius 2 is 2.14 bits per heavy atom. The average molecular weight is 208 g/mol. The van der Waals surface area contributed by atoms with Crippen molar-refractivity contribution in [2.75, 3.05) is 0 Å². The molecule has 2 nitrogen and oxygen atoms in total. The van der Waals surface area contributed by atoms with Gasteiger partial charge in [-0.15, -0.1) is 0 Å². The number of nitrogens with zero attached hydrogens (tertiary/aromatic N) is 1. The summed E-state index contributed by atoms with van der Waals surface area (Å²) in [4.78, 5) is 4.24. The van der Waals surface area contributed by atoms with Crippen LogP contribution in [0, 0.1) is 6.92 Å². The van der Waals surface area contributed by atoms with Crippen molar-refractivity contribution in [2.24, 2.45) is 0 Å². The quantitative estimate of drug-likeness (QED) is 0.730. The molecule has 0 aliphatic rings. The molecule has 72 valence electrons. The lowest BCUT2D eigenvalue weighted by Crippen LogP contribution is -1.87. The van der Waals surface area contributed by atoms with Gasteiger partial charge in [0.05, 0.1) is 12.1 Å². The third-order valence-electron chi connectivity index (χ3n) is 2.19. The fourth-order valence-corrected chi connectivity index (χ4v) is 1.54. The average Bonchev–Trinajstić information content (AvgIpc) is 2.19. The number of hydrogen-bond acceptors (Lipinski definition) is 2. The van der Waals surface area contributed by atoms with Gasteiger partial charge in [0.2, 0.25) is 0 Å². The van der Waals surface area contributed by atoms with Crippen molar-refractivity contribution in [3.8, 4) is 0 Å². The number of hydrogen-bond donors (Lipinski definition) is 1. The van der Waals surface area contributed by atoms with E-state index in [1.165, 1.54) is 0 Å². The molecule has 0 aliphatic heterocycles. The van der Waals surface area contributed by atoms with Crippen LogP contribution in [0.25, 0.3) is 10.9 Å². The van der Waals surface area contributed by atoms with Gasteiger partial charge in [-0.2, -0.15) is 0 Å². The maximum Gasteiger partial charge on any atom is 0.132 e. The highest BCUT2D eigenvalue weighted by molar-refractivity contribution is 6.30. The molecule has 1 heterocycles. The molecule has 1 aromatic heterocycles. The maximum atomic E-state index is 8.96. The van der Waals surface area contributed by atoms with Crippen molar-refractivity contribution in [2.45, 2.75) is 13.5 Å². The Labute approximate surface area is 87.2 Å². The van der Waals surface area contributed by atoms with Gasteiger partial charge in [0.25, 0.3) is 0 Å². The van der Waals surface area contributed by atoms with Crippen LogP contribution in [0.15, 0.2) is 24.3 Å². The summed E-state index contributed by atoms with van der Waals surface area (Å²) in [5.74, 6) is 0. The molecule has 0 radical (unpaired) electrons. The first-order chi connectivity index (χ1) is 6.70. The Bertz CT molecular complexity index is 482. The Kier molecular flexibility index (Phi) is 2.40. The zero-order chi connectivity index (χ0) is 10.1. The fraction of sp³-hybridized carbons (Fsp3) is 0.182. The summed E-state index contributed by atoms with van der Waals surface area (Å²) in [6.45, 7) is 1.96. The lowest BCUT2D eigenvalue weighted by molar-refractivity contribution is 0.282. The van der Waals surface area contributed by atoms with E-state index >= 15 is 0 Å². The number of rotatable bonds is 1. The summed E-state index contributed by atoms with van der Waals surface area (Å²) >= 11 is 5.91. The van der Waals surface area contributed by atoms with E-state index in [1.54, 1.807) is 0 Å². The fourth-order valence-electron chi connectivity index (χ4n) is 1.39. The first kappa shape index (κ1) is 9.44. The molecule has 2 aromatic rings. The van der Waals surface area contributed by atoms with Gasteiger partial charge < -0.3 is 5.11 Å². The van der Waals surface area contributed by atoms with Gasteiger partial charge in [0.1, 0.15) is 5.15 Å². The van der Waals surface area contributed by atoms with Crippen LogP contribution in [0.5, 0.6) is 0 Å². The number of halogens is 1. The Hall–Kier alpha value is -1.12. The van der Waals surface area contributed by atoms with Crippen LogP contribution in [0.1, 0.15) is 11.1 Å². The topological polar surface area (TPSA) is 33.1 Å². The molecule has 1 N–H and O–H groups in total. The Morgan fingerprint density at radius 3 is 2.86 bits per heavy atom. The van der Waals surface area contributed by atoms with Crippen molar-refractivity contribution in [3.63, 3.8) is 0 Å². The van der Waals surface area contributed by atoms with Crippen LogP contribution in [0.3, 0.4) is 0 Å². The lowest BCUT2D eigenvalue weighted by Gasteiger charge is -2.03. The van der Waals surface area contributed by atoms with Gasteiger partial charge >= 0.3 is 0 Å². The highest BCUT2D eigenvalue weighted by Gasteiger charge is 2.01. The van der Waals surface area contributed by atoms with Crippen molar-refractivity contribution in [1.29, 1.82) is 0 Å². The van der Waals surface area contributed by atoms with Crippen LogP contribution in [0.4, 0.5) is 0 Å². The number of aromatic nitrogens is 1. The van der Waals surface area contributed by atoms with Crippen LogP contribution in [-0.2, 0) is 6.61 Å². The molecule has 0 saturated heterocycles. The van der Waals surface area contributed by atoms with Gasteiger partial charge in [-0.3, -0.25) is 0 Å². The third-order valence-corrected chi connectivity index (χ3v) is 2.58. The second kappa shape index (κ2) is 3.56. The van der Waals surface area contributed by atoms with Crippen molar-refractivity contribution in [1.82, 2.24) is 4.98 Å². The second-order valence-corrected chi connectivity index (χ2v) is 3.64. The number of aliphatic hydroxyl groups excluding tert-OH is 1. The van der Waals surface area contributed by atoms with Gasteiger partial charge in [-0.1, -0.05) is 23.7 Å². The summed E-state index contributed by atoms with van der Waals surface area (Å²) in [6, 6.07) is 7.67. The summed E-state index contributed by atoms with van der Waals surface area (Å²) in [5, 5.41) is 10.5. The van der Waals surface area contributed by atoms with Gasteiger partial charge in [0, 0.05) is 5.39 Å². The van der Waals surface area contributed by atoms with Crippen molar-refractivity contribution >= 4 is 22.5 Å². The number of aryl methyl sites for hydroxylation is 1. The third kappa shape index (κ3) is 1.59. The smallest absolute Gasteiger partial charge is 0.132 e. The van der Waals surface area contributed by atoms with E-state index in [-0.39, 0.29) is 6.61 Å². The molecule has 0 unspecified atom stereocenters. The number of pyridine rings is 1. The van der Waals surface area contributed by atoms with E-state index in [1.807, 2.05) is 31.2 Å². The Balaban J connectivity index is 2.70. The van der Waals surface area contributed by atoms with E-state index < -0.39 is 0 Å². The van der Waals surface area contributed by atoms with Gasteiger partial charge in [-0.05, 0) is 30.2 Å². The molecule has 0 saturated carbocycles. The Morgan fingerprint density at radius 1 is 1.36 bits per heavy atom. The SMILES string of the molecule is Cc1cc2ccc(CO)cc2nc1Cl. The predicted octanol–water partition coefficient (Wildman–Crippen LogP) is 2.69. The normalized spacial score (nSPS) is 10.8.